The third kappa shape index (κ3) is 3.19. The molecule has 0 saturated carbocycles. The smallest absolute Gasteiger partial charge is 0.411 e. The molecule has 98 valence electrons. The van der Waals surface area contributed by atoms with Gasteiger partial charge in [0.15, 0.2) is 0 Å². The predicted octanol–water partition coefficient (Wildman–Crippen LogP) is 3.07. The van der Waals surface area contributed by atoms with Crippen LogP contribution in [0.5, 0.6) is 0 Å². The third-order valence-electron chi connectivity index (χ3n) is 2.48. The molecular weight excluding hydrogens is 236 g/mol. The summed E-state index contributed by atoms with van der Waals surface area (Å²) in [6.45, 7) is 5.87. The summed E-state index contributed by atoms with van der Waals surface area (Å²) in [6.07, 6.45) is -0.735. The predicted molar refractivity (Wildman–Crippen MR) is 67.8 cm³/mol. The monoisotopic (exact) mass is 252 g/mol. The van der Waals surface area contributed by atoms with Crippen LogP contribution < -0.4 is 5.32 Å². The van der Waals surface area contributed by atoms with Crippen LogP contribution in [0.25, 0.3) is 0 Å². The summed E-state index contributed by atoms with van der Waals surface area (Å²) in [6, 6.07) is 4.72. The molecule has 1 amide bonds. The Morgan fingerprint density at radius 2 is 2.00 bits per heavy atom. The number of amides is 1. The fraction of sp³-hybridized carbons (Fsp3) is 0.417. The van der Waals surface area contributed by atoms with E-state index in [9.17, 15) is 14.9 Å². The van der Waals surface area contributed by atoms with E-state index in [4.69, 9.17) is 0 Å². The van der Waals surface area contributed by atoms with Crippen molar-refractivity contribution in [2.75, 3.05) is 12.4 Å². The van der Waals surface area contributed by atoms with Crippen LogP contribution in [0.2, 0.25) is 0 Å². The second kappa shape index (κ2) is 5.03. The van der Waals surface area contributed by atoms with Crippen molar-refractivity contribution in [3.8, 4) is 0 Å². The molecule has 0 aromatic heterocycles. The van der Waals surface area contributed by atoms with Gasteiger partial charge in [-0.25, -0.2) is 4.79 Å². The minimum atomic E-state index is -0.735. The number of hydrogen-bond acceptors (Lipinski definition) is 4. The Morgan fingerprint density at radius 1 is 1.39 bits per heavy atom. The van der Waals surface area contributed by atoms with Gasteiger partial charge in [0.05, 0.1) is 12.0 Å². The van der Waals surface area contributed by atoms with E-state index in [0.29, 0.717) is 0 Å². The van der Waals surface area contributed by atoms with Gasteiger partial charge in [0.2, 0.25) is 0 Å². The molecule has 0 bridgehead atoms. The van der Waals surface area contributed by atoms with E-state index in [-0.39, 0.29) is 16.8 Å². The lowest BCUT2D eigenvalue weighted by Gasteiger charge is -2.19. The SMILES string of the molecule is COC(=O)Nc1ccc(C(C)(C)C)cc1[N+](=O)[O-]. The summed E-state index contributed by atoms with van der Waals surface area (Å²) in [5.41, 5.74) is 0.603. The highest BCUT2D eigenvalue weighted by Crippen LogP contribution is 2.31. The second-order valence-electron chi connectivity index (χ2n) is 4.86. The standard InChI is InChI=1S/C12H16N2O4/c1-12(2,3)8-5-6-9(13-11(15)18-4)10(7-8)14(16)17/h5-7H,1-4H3,(H,13,15). The second-order valence-corrected chi connectivity index (χ2v) is 4.86. The molecule has 0 spiro atoms. The number of rotatable bonds is 2. The van der Waals surface area contributed by atoms with E-state index in [1.54, 1.807) is 6.07 Å². The molecule has 0 unspecified atom stereocenters. The van der Waals surface area contributed by atoms with Gasteiger partial charge in [-0.3, -0.25) is 15.4 Å². The van der Waals surface area contributed by atoms with Crippen LogP contribution in [-0.4, -0.2) is 18.1 Å². The summed E-state index contributed by atoms with van der Waals surface area (Å²) in [4.78, 5) is 21.5. The first-order chi connectivity index (χ1) is 8.25. The summed E-state index contributed by atoms with van der Waals surface area (Å²) < 4.78 is 4.41. The molecule has 0 fully saturated rings. The highest BCUT2D eigenvalue weighted by atomic mass is 16.6. The third-order valence-corrected chi connectivity index (χ3v) is 2.48. The summed E-state index contributed by atoms with van der Waals surface area (Å²) >= 11 is 0. The fourth-order valence-electron chi connectivity index (χ4n) is 1.42. The molecule has 0 heterocycles. The van der Waals surface area contributed by atoms with Crippen LogP contribution in [0.15, 0.2) is 18.2 Å². The molecule has 0 radical (unpaired) electrons. The van der Waals surface area contributed by atoms with Gasteiger partial charge in [-0.2, -0.15) is 0 Å². The molecular formula is C12H16N2O4. The number of nitro groups is 1. The Kier molecular flexibility index (Phi) is 3.90. The molecule has 6 heteroatoms. The van der Waals surface area contributed by atoms with Crippen LogP contribution in [-0.2, 0) is 10.2 Å². The number of carbonyl (C=O) groups is 1. The van der Waals surface area contributed by atoms with E-state index in [1.165, 1.54) is 19.2 Å². The number of ether oxygens (including phenoxy) is 1. The number of anilines is 1. The van der Waals surface area contributed by atoms with Crippen molar-refractivity contribution in [2.45, 2.75) is 26.2 Å². The van der Waals surface area contributed by atoms with Gasteiger partial charge in [-0.05, 0) is 17.0 Å². The Balaban J connectivity index is 3.21. The molecule has 1 N–H and O–H groups in total. The fourth-order valence-corrected chi connectivity index (χ4v) is 1.42. The summed E-state index contributed by atoms with van der Waals surface area (Å²) in [5, 5.41) is 13.3. The molecule has 0 atom stereocenters. The minimum Gasteiger partial charge on any atom is -0.453 e. The van der Waals surface area contributed by atoms with Crippen LogP contribution in [0.1, 0.15) is 26.3 Å². The number of methoxy groups -OCH3 is 1. The lowest BCUT2D eigenvalue weighted by molar-refractivity contribution is -0.384. The highest BCUT2D eigenvalue weighted by molar-refractivity contribution is 5.87. The van der Waals surface area contributed by atoms with Gasteiger partial charge < -0.3 is 4.74 Å². The summed E-state index contributed by atoms with van der Waals surface area (Å²) in [5.74, 6) is 0. The van der Waals surface area contributed by atoms with Crippen molar-refractivity contribution in [2.24, 2.45) is 0 Å². The van der Waals surface area contributed by atoms with Crippen LogP contribution >= 0.6 is 0 Å². The molecule has 18 heavy (non-hydrogen) atoms. The number of hydrogen-bond donors (Lipinski definition) is 1. The first-order valence-corrected chi connectivity index (χ1v) is 5.39. The van der Waals surface area contributed by atoms with Crippen molar-refractivity contribution < 1.29 is 14.5 Å². The van der Waals surface area contributed by atoms with E-state index >= 15 is 0 Å². The number of nitrogens with zero attached hydrogens (tertiary/aromatic N) is 1. The zero-order valence-corrected chi connectivity index (χ0v) is 10.8. The van der Waals surface area contributed by atoms with Gasteiger partial charge in [0.1, 0.15) is 5.69 Å². The van der Waals surface area contributed by atoms with Crippen LogP contribution in [0.4, 0.5) is 16.2 Å². The largest absolute Gasteiger partial charge is 0.453 e. The molecule has 1 aromatic carbocycles. The van der Waals surface area contributed by atoms with Crippen molar-refractivity contribution >= 4 is 17.5 Å². The van der Waals surface area contributed by atoms with Gasteiger partial charge in [0, 0.05) is 6.07 Å². The van der Waals surface area contributed by atoms with Gasteiger partial charge in [-0.1, -0.05) is 26.8 Å². The first-order valence-electron chi connectivity index (χ1n) is 5.39. The maximum Gasteiger partial charge on any atom is 0.411 e. The highest BCUT2D eigenvalue weighted by Gasteiger charge is 2.21. The molecule has 0 saturated heterocycles. The van der Waals surface area contributed by atoms with Crippen molar-refractivity contribution in [3.63, 3.8) is 0 Å². The lowest BCUT2D eigenvalue weighted by atomic mass is 9.86. The zero-order valence-electron chi connectivity index (χ0n) is 10.8. The van der Waals surface area contributed by atoms with Crippen LogP contribution in [0.3, 0.4) is 0 Å². The molecule has 0 aliphatic heterocycles. The maximum atomic E-state index is 11.1. The van der Waals surface area contributed by atoms with Crippen molar-refractivity contribution in [1.29, 1.82) is 0 Å². The van der Waals surface area contributed by atoms with Gasteiger partial charge in [0.25, 0.3) is 5.69 Å². The molecule has 0 aliphatic rings. The topological polar surface area (TPSA) is 81.5 Å². The Hall–Kier alpha value is -2.11. The normalized spacial score (nSPS) is 10.9. The van der Waals surface area contributed by atoms with Crippen molar-refractivity contribution in [1.82, 2.24) is 0 Å². The number of carbonyl (C=O) groups excluding carboxylic acids is 1. The molecule has 1 rings (SSSR count). The minimum absolute atomic E-state index is 0.125. The van der Waals surface area contributed by atoms with E-state index in [1.807, 2.05) is 20.8 Å². The number of nitrogens with one attached hydrogen (secondary N) is 1. The Bertz CT molecular complexity index is 477. The number of nitro benzene ring substituents is 1. The Morgan fingerprint density at radius 3 is 2.44 bits per heavy atom. The average molecular weight is 252 g/mol. The zero-order chi connectivity index (χ0) is 13.9. The van der Waals surface area contributed by atoms with Crippen LogP contribution in [0, 0.1) is 10.1 Å². The summed E-state index contributed by atoms with van der Waals surface area (Å²) in [7, 11) is 1.20. The van der Waals surface area contributed by atoms with E-state index < -0.39 is 11.0 Å². The van der Waals surface area contributed by atoms with E-state index in [0.717, 1.165) is 5.56 Å². The molecule has 0 aliphatic carbocycles. The van der Waals surface area contributed by atoms with E-state index in [2.05, 4.69) is 10.1 Å². The molecule has 1 aromatic rings. The number of benzene rings is 1. The van der Waals surface area contributed by atoms with Crippen molar-refractivity contribution in [3.05, 3.63) is 33.9 Å². The van der Waals surface area contributed by atoms with Gasteiger partial charge >= 0.3 is 6.09 Å². The molecule has 6 nitrogen and oxygen atoms in total. The quantitative estimate of drug-likeness (QED) is 0.647. The first kappa shape index (κ1) is 14.0. The lowest BCUT2D eigenvalue weighted by Crippen LogP contribution is -2.15. The Labute approximate surface area is 105 Å². The average Bonchev–Trinajstić information content (AvgIpc) is 2.27. The van der Waals surface area contributed by atoms with Gasteiger partial charge in [-0.15, -0.1) is 0 Å². The maximum absolute atomic E-state index is 11.1.